The molecule has 1 rings (SSSR count). The largest absolute Gasteiger partial charge is 0.231 e. The molecule has 0 fully saturated rings. The van der Waals surface area contributed by atoms with Gasteiger partial charge in [-0.2, -0.15) is 0 Å². The number of rotatable bonds is 1. The Bertz CT molecular complexity index is 215. The fourth-order valence-electron chi connectivity index (χ4n) is 0.670. The van der Waals surface area contributed by atoms with Gasteiger partial charge in [-0.3, -0.25) is 0 Å². The second-order valence-electron chi connectivity index (χ2n) is 1.84. The third-order valence-corrected chi connectivity index (χ3v) is 3.23. The smallest absolute Gasteiger partial charge is 0.109 e. The monoisotopic (exact) mass is 359 g/mol. The molecule has 0 aliphatic rings. The first-order valence-electron chi connectivity index (χ1n) is 2.76. The Kier molecular flexibility index (Phi) is 3.38. The van der Waals surface area contributed by atoms with E-state index in [-0.39, 0.29) is 6.61 Å². The van der Waals surface area contributed by atoms with Crippen molar-refractivity contribution in [2.75, 3.05) is 0 Å². The van der Waals surface area contributed by atoms with Gasteiger partial charge in [-0.15, -0.1) is 0 Å². The van der Waals surface area contributed by atoms with Crippen LogP contribution in [0.5, 0.6) is 0 Å². The molecule has 1 nitrogen and oxygen atoms in total. The summed E-state index contributed by atoms with van der Waals surface area (Å²) in [5.74, 6) is 0. The van der Waals surface area contributed by atoms with Crippen LogP contribution in [0.2, 0.25) is 0 Å². The zero-order valence-electron chi connectivity index (χ0n) is 5.10. The third-order valence-electron chi connectivity index (χ3n) is 1.21. The van der Waals surface area contributed by atoms with Crippen molar-refractivity contribution in [2.45, 2.75) is 6.61 Å². The lowest BCUT2D eigenvalue weighted by atomic mass is 10.2. The van der Waals surface area contributed by atoms with E-state index in [2.05, 4.69) is 45.2 Å². The molecule has 0 atom stereocenters. The van der Waals surface area contributed by atoms with E-state index >= 15 is 0 Å². The predicted octanol–water partition coefficient (Wildman–Crippen LogP) is 2.83. The van der Waals surface area contributed by atoms with Gasteiger partial charge in [0.25, 0.3) is 0 Å². The minimum absolute atomic E-state index is 0.114. The Labute approximate surface area is 87.1 Å². The lowest BCUT2D eigenvalue weighted by Gasteiger charge is -2.00. The molecule has 1 aromatic carbocycles. The lowest BCUT2D eigenvalue weighted by molar-refractivity contribution is 0.176. The van der Waals surface area contributed by atoms with E-state index in [0.29, 0.717) is 0 Å². The minimum Gasteiger partial charge on any atom is -0.231 e. The molecule has 0 saturated carbocycles. The summed E-state index contributed by atoms with van der Waals surface area (Å²) in [6, 6.07) is 5.87. The standard InChI is InChI=1S/C7H5I2O/c8-6-2-1-3-7(9)5(6)4-10/h1-3H,4H2. The van der Waals surface area contributed by atoms with Crippen LogP contribution in [0.3, 0.4) is 0 Å². The molecule has 0 aliphatic carbocycles. The van der Waals surface area contributed by atoms with E-state index in [1.165, 1.54) is 0 Å². The van der Waals surface area contributed by atoms with Gasteiger partial charge < -0.3 is 0 Å². The number of benzene rings is 1. The van der Waals surface area contributed by atoms with Gasteiger partial charge >= 0.3 is 0 Å². The molecule has 53 valence electrons. The van der Waals surface area contributed by atoms with Crippen LogP contribution in [-0.4, -0.2) is 0 Å². The van der Waals surface area contributed by atoms with Gasteiger partial charge in [0.05, 0.1) is 0 Å². The highest BCUT2D eigenvalue weighted by molar-refractivity contribution is 14.1. The van der Waals surface area contributed by atoms with E-state index in [9.17, 15) is 5.11 Å². The zero-order chi connectivity index (χ0) is 7.56. The molecule has 0 N–H and O–H groups in total. The summed E-state index contributed by atoms with van der Waals surface area (Å²) in [5.41, 5.74) is 0.920. The maximum Gasteiger partial charge on any atom is 0.109 e. The molecule has 1 radical (unpaired) electrons. The number of halogens is 2. The van der Waals surface area contributed by atoms with Crippen molar-refractivity contribution in [3.8, 4) is 0 Å². The average Bonchev–Trinajstić information content (AvgIpc) is 1.88. The zero-order valence-corrected chi connectivity index (χ0v) is 9.42. The number of hydrogen-bond acceptors (Lipinski definition) is 0. The first kappa shape index (κ1) is 8.73. The first-order chi connectivity index (χ1) is 4.75. The van der Waals surface area contributed by atoms with Crippen LogP contribution in [0.25, 0.3) is 0 Å². The fourth-order valence-corrected chi connectivity index (χ4v) is 2.49. The Morgan fingerprint density at radius 2 is 1.70 bits per heavy atom. The van der Waals surface area contributed by atoms with Crippen LogP contribution >= 0.6 is 45.2 Å². The van der Waals surface area contributed by atoms with Gasteiger partial charge in [0, 0.05) is 12.7 Å². The normalized spacial score (nSPS) is 9.90. The van der Waals surface area contributed by atoms with E-state index in [0.717, 1.165) is 12.7 Å². The maximum atomic E-state index is 10.6. The van der Waals surface area contributed by atoms with E-state index in [1.54, 1.807) is 0 Å². The average molecular weight is 359 g/mol. The molecule has 0 bridgehead atoms. The Morgan fingerprint density at radius 1 is 1.20 bits per heavy atom. The van der Waals surface area contributed by atoms with Crippen molar-refractivity contribution in [3.05, 3.63) is 30.9 Å². The quantitative estimate of drug-likeness (QED) is 0.688. The van der Waals surface area contributed by atoms with E-state index < -0.39 is 0 Å². The molecular weight excluding hydrogens is 354 g/mol. The molecule has 0 aliphatic heterocycles. The molecule has 1 aromatic rings. The molecule has 0 saturated heterocycles. The summed E-state index contributed by atoms with van der Waals surface area (Å²) in [4.78, 5) is 0. The highest BCUT2D eigenvalue weighted by atomic mass is 127. The third kappa shape index (κ3) is 1.82. The molecule has 3 heteroatoms. The van der Waals surface area contributed by atoms with Crippen LogP contribution in [0.1, 0.15) is 5.56 Å². The van der Waals surface area contributed by atoms with Crippen molar-refractivity contribution in [1.29, 1.82) is 0 Å². The Hall–Kier alpha value is 0.640. The molecule has 0 heterocycles. The summed E-state index contributed by atoms with van der Waals surface area (Å²) < 4.78 is 2.14. The van der Waals surface area contributed by atoms with Gasteiger partial charge in [-0.25, -0.2) is 5.11 Å². The van der Waals surface area contributed by atoms with E-state index in [1.807, 2.05) is 18.2 Å². The molecule has 0 aromatic heterocycles. The second-order valence-corrected chi connectivity index (χ2v) is 4.17. The predicted molar refractivity (Wildman–Crippen MR) is 56.3 cm³/mol. The second kappa shape index (κ2) is 3.87. The topological polar surface area (TPSA) is 19.9 Å². The SMILES string of the molecule is [O]Cc1c(I)cccc1I. The van der Waals surface area contributed by atoms with Crippen LogP contribution in [0.4, 0.5) is 0 Å². The summed E-state index contributed by atoms with van der Waals surface area (Å²) in [6.45, 7) is -0.114. The van der Waals surface area contributed by atoms with Crippen molar-refractivity contribution in [1.82, 2.24) is 0 Å². The van der Waals surface area contributed by atoms with Gasteiger partial charge in [0.1, 0.15) is 6.61 Å². The van der Waals surface area contributed by atoms with Gasteiger partial charge in [0.15, 0.2) is 0 Å². The summed E-state index contributed by atoms with van der Waals surface area (Å²) >= 11 is 4.36. The van der Waals surface area contributed by atoms with Gasteiger partial charge in [-0.05, 0) is 57.3 Å². The summed E-state index contributed by atoms with van der Waals surface area (Å²) in [6.07, 6.45) is 0. The highest BCUT2D eigenvalue weighted by Crippen LogP contribution is 2.18. The Morgan fingerprint density at radius 3 is 2.00 bits per heavy atom. The van der Waals surface area contributed by atoms with E-state index in [4.69, 9.17) is 0 Å². The van der Waals surface area contributed by atoms with Crippen molar-refractivity contribution < 1.29 is 5.11 Å². The minimum atomic E-state index is -0.114. The van der Waals surface area contributed by atoms with Crippen LogP contribution < -0.4 is 0 Å². The first-order valence-corrected chi connectivity index (χ1v) is 4.92. The summed E-state index contributed by atoms with van der Waals surface area (Å²) in [7, 11) is 0. The van der Waals surface area contributed by atoms with Crippen LogP contribution in [0.15, 0.2) is 18.2 Å². The molecule has 0 amide bonds. The molecule has 0 unspecified atom stereocenters. The fraction of sp³-hybridized carbons (Fsp3) is 0.143. The van der Waals surface area contributed by atoms with Crippen molar-refractivity contribution in [2.24, 2.45) is 0 Å². The lowest BCUT2D eigenvalue weighted by Crippen LogP contribution is -1.90. The van der Waals surface area contributed by atoms with Crippen LogP contribution in [-0.2, 0) is 11.7 Å². The number of hydrogen-bond donors (Lipinski definition) is 0. The summed E-state index contributed by atoms with van der Waals surface area (Å²) in [5, 5.41) is 10.6. The molecule has 10 heavy (non-hydrogen) atoms. The van der Waals surface area contributed by atoms with Gasteiger partial charge in [-0.1, -0.05) is 6.07 Å². The maximum absolute atomic E-state index is 10.6. The molecule has 0 spiro atoms. The van der Waals surface area contributed by atoms with Gasteiger partial charge in [0.2, 0.25) is 0 Å². The highest BCUT2D eigenvalue weighted by Gasteiger charge is 2.01. The Balaban J connectivity index is 3.17. The molecular formula is C7H5I2O. The van der Waals surface area contributed by atoms with Crippen molar-refractivity contribution >= 4 is 45.2 Å². The van der Waals surface area contributed by atoms with Crippen LogP contribution in [0, 0.1) is 7.14 Å². The van der Waals surface area contributed by atoms with Crippen molar-refractivity contribution in [3.63, 3.8) is 0 Å².